The van der Waals surface area contributed by atoms with E-state index in [4.69, 9.17) is 9.47 Å². The van der Waals surface area contributed by atoms with Crippen LogP contribution in [0, 0.1) is 5.41 Å². The monoisotopic (exact) mass is 426 g/mol. The fourth-order valence-corrected chi connectivity index (χ4v) is 3.71. The molecule has 2 aliphatic rings. The molecular formula is C20H31ClN4O4. The first-order chi connectivity index (χ1) is 13.6. The third kappa shape index (κ3) is 6.57. The summed E-state index contributed by atoms with van der Waals surface area (Å²) in [5.41, 5.74) is 0.861. The number of amides is 3. The maximum atomic E-state index is 12.8. The zero-order valence-corrected chi connectivity index (χ0v) is 17.6. The van der Waals surface area contributed by atoms with Crippen LogP contribution in [-0.4, -0.2) is 58.0 Å². The molecule has 29 heavy (non-hydrogen) atoms. The number of carbonyl (C=O) groups is 2. The van der Waals surface area contributed by atoms with E-state index in [0.29, 0.717) is 24.5 Å². The van der Waals surface area contributed by atoms with Gasteiger partial charge in [0.2, 0.25) is 5.91 Å². The van der Waals surface area contributed by atoms with Crippen molar-refractivity contribution >= 4 is 35.7 Å². The summed E-state index contributed by atoms with van der Waals surface area (Å²) in [5, 5.41) is 11.9. The molecule has 0 aliphatic carbocycles. The molecular weight excluding hydrogens is 396 g/mol. The first-order valence-corrected chi connectivity index (χ1v) is 9.89. The quantitative estimate of drug-likeness (QED) is 0.536. The molecule has 162 valence electrons. The van der Waals surface area contributed by atoms with E-state index in [-0.39, 0.29) is 30.4 Å². The van der Waals surface area contributed by atoms with Crippen molar-refractivity contribution in [3.63, 3.8) is 0 Å². The molecule has 3 amide bonds. The number of piperidine rings is 1. The van der Waals surface area contributed by atoms with Gasteiger partial charge in [-0.1, -0.05) is 0 Å². The van der Waals surface area contributed by atoms with E-state index in [1.165, 1.54) is 0 Å². The van der Waals surface area contributed by atoms with Crippen molar-refractivity contribution in [1.82, 2.24) is 10.6 Å². The molecule has 3 rings (SSSR count). The van der Waals surface area contributed by atoms with Gasteiger partial charge in [0.15, 0.2) is 0 Å². The van der Waals surface area contributed by atoms with Crippen LogP contribution in [0.5, 0.6) is 0 Å². The summed E-state index contributed by atoms with van der Waals surface area (Å²) in [5.74, 6) is -0.0223. The zero-order valence-electron chi connectivity index (χ0n) is 16.8. The normalized spacial score (nSPS) is 20.4. The summed E-state index contributed by atoms with van der Waals surface area (Å²) in [6.45, 7) is 3.30. The number of hydrogen-bond acceptors (Lipinski definition) is 5. The molecule has 9 heteroatoms. The lowest BCUT2D eigenvalue weighted by Crippen LogP contribution is -2.47. The van der Waals surface area contributed by atoms with Gasteiger partial charge in [-0.05, 0) is 63.0 Å². The van der Waals surface area contributed by atoms with E-state index in [0.717, 1.165) is 45.4 Å². The smallest absolute Gasteiger partial charge is 0.319 e. The van der Waals surface area contributed by atoms with Gasteiger partial charge < -0.3 is 30.7 Å². The zero-order chi connectivity index (χ0) is 19.8. The highest BCUT2D eigenvalue weighted by Gasteiger charge is 2.39. The number of benzene rings is 1. The molecule has 0 spiro atoms. The predicted octanol–water partition coefficient (Wildman–Crippen LogP) is 2.36. The van der Waals surface area contributed by atoms with Crippen LogP contribution < -0.4 is 21.3 Å². The van der Waals surface area contributed by atoms with Crippen LogP contribution in [0.3, 0.4) is 0 Å². The molecule has 1 aromatic rings. The Labute approximate surface area is 177 Å². The first kappa shape index (κ1) is 23.4. The summed E-state index contributed by atoms with van der Waals surface area (Å²) >= 11 is 0. The van der Waals surface area contributed by atoms with E-state index in [1.807, 2.05) is 0 Å². The fraction of sp³-hybridized carbons (Fsp3) is 0.600. The molecule has 2 heterocycles. The van der Waals surface area contributed by atoms with Gasteiger partial charge in [0, 0.05) is 31.6 Å². The lowest BCUT2D eigenvalue weighted by molar-refractivity contribution is -0.130. The Hall–Kier alpha value is -1.87. The second-order valence-corrected chi connectivity index (χ2v) is 7.46. The van der Waals surface area contributed by atoms with Crippen molar-refractivity contribution in [1.29, 1.82) is 0 Å². The van der Waals surface area contributed by atoms with Gasteiger partial charge in [-0.2, -0.15) is 0 Å². The molecule has 2 aliphatic heterocycles. The average molecular weight is 427 g/mol. The van der Waals surface area contributed by atoms with Crippen LogP contribution in [0.15, 0.2) is 24.3 Å². The van der Waals surface area contributed by atoms with Crippen molar-refractivity contribution < 1.29 is 19.1 Å². The van der Waals surface area contributed by atoms with Crippen LogP contribution in [0.25, 0.3) is 0 Å². The van der Waals surface area contributed by atoms with Crippen LogP contribution >= 0.6 is 12.4 Å². The highest BCUT2D eigenvalue weighted by molar-refractivity contribution is 5.96. The number of urea groups is 1. The van der Waals surface area contributed by atoms with E-state index in [1.54, 1.807) is 31.4 Å². The standard InChI is InChI=1S/C20H30N4O4.ClH/c1-27-14-20(8-10-21-11-9-20)18(25)23-15-4-6-16(7-5-15)24-19(26)22-13-17-3-2-12-28-17;/h4-7,17,21H,2-3,8-14H2,1H3,(H,23,25)(H2,22,24,26);1H. The van der Waals surface area contributed by atoms with Gasteiger partial charge in [0.05, 0.1) is 18.1 Å². The molecule has 1 aromatic carbocycles. The van der Waals surface area contributed by atoms with Gasteiger partial charge in [-0.25, -0.2) is 4.79 Å². The van der Waals surface area contributed by atoms with Crippen LogP contribution in [0.1, 0.15) is 25.7 Å². The summed E-state index contributed by atoms with van der Waals surface area (Å²) in [7, 11) is 1.63. The van der Waals surface area contributed by atoms with Crippen molar-refractivity contribution in [2.75, 3.05) is 50.6 Å². The van der Waals surface area contributed by atoms with Gasteiger partial charge in [-0.3, -0.25) is 4.79 Å². The minimum Gasteiger partial charge on any atom is -0.384 e. The van der Waals surface area contributed by atoms with Gasteiger partial charge in [0.1, 0.15) is 0 Å². The average Bonchev–Trinajstić information content (AvgIpc) is 3.22. The Morgan fingerprint density at radius 3 is 2.41 bits per heavy atom. The molecule has 0 aromatic heterocycles. The summed E-state index contributed by atoms with van der Waals surface area (Å²) in [6.07, 6.45) is 3.63. The Kier molecular flexibility index (Phi) is 9.16. The molecule has 1 atom stereocenters. The third-order valence-electron chi connectivity index (χ3n) is 5.38. The summed E-state index contributed by atoms with van der Waals surface area (Å²) in [4.78, 5) is 24.8. The number of hydrogen-bond donors (Lipinski definition) is 4. The van der Waals surface area contributed by atoms with Crippen molar-refractivity contribution in [2.24, 2.45) is 5.41 Å². The van der Waals surface area contributed by atoms with E-state index in [9.17, 15) is 9.59 Å². The predicted molar refractivity (Wildman–Crippen MR) is 115 cm³/mol. The molecule has 2 fully saturated rings. The summed E-state index contributed by atoms with van der Waals surface area (Å²) in [6, 6.07) is 6.85. The third-order valence-corrected chi connectivity index (χ3v) is 5.38. The topological polar surface area (TPSA) is 101 Å². The maximum Gasteiger partial charge on any atom is 0.319 e. The number of methoxy groups -OCH3 is 1. The van der Waals surface area contributed by atoms with E-state index in [2.05, 4.69) is 21.3 Å². The maximum absolute atomic E-state index is 12.8. The van der Waals surface area contributed by atoms with Crippen molar-refractivity contribution in [3.8, 4) is 0 Å². The Balaban J connectivity index is 0.00000300. The molecule has 0 bridgehead atoms. The van der Waals surface area contributed by atoms with Crippen LogP contribution in [0.4, 0.5) is 16.2 Å². The minimum absolute atomic E-state index is 0. The number of carbonyl (C=O) groups excluding carboxylic acids is 2. The minimum atomic E-state index is -0.501. The van der Waals surface area contributed by atoms with Crippen molar-refractivity contribution in [3.05, 3.63) is 24.3 Å². The lowest BCUT2D eigenvalue weighted by Gasteiger charge is -2.35. The highest BCUT2D eigenvalue weighted by Crippen LogP contribution is 2.31. The molecule has 4 N–H and O–H groups in total. The van der Waals surface area contributed by atoms with E-state index < -0.39 is 5.41 Å². The number of anilines is 2. The largest absolute Gasteiger partial charge is 0.384 e. The Morgan fingerprint density at radius 2 is 1.83 bits per heavy atom. The fourth-order valence-electron chi connectivity index (χ4n) is 3.71. The lowest BCUT2D eigenvalue weighted by atomic mass is 9.78. The number of ether oxygens (including phenoxy) is 2. The van der Waals surface area contributed by atoms with E-state index >= 15 is 0 Å². The van der Waals surface area contributed by atoms with Crippen LogP contribution in [-0.2, 0) is 14.3 Å². The number of halogens is 1. The Morgan fingerprint density at radius 1 is 1.17 bits per heavy atom. The highest BCUT2D eigenvalue weighted by atomic mass is 35.5. The second-order valence-electron chi connectivity index (χ2n) is 7.46. The van der Waals surface area contributed by atoms with Gasteiger partial charge in [0.25, 0.3) is 0 Å². The Bertz CT molecular complexity index is 653. The van der Waals surface area contributed by atoms with Crippen molar-refractivity contribution in [2.45, 2.75) is 31.8 Å². The molecule has 8 nitrogen and oxygen atoms in total. The molecule has 2 saturated heterocycles. The molecule has 1 unspecified atom stereocenters. The first-order valence-electron chi connectivity index (χ1n) is 9.89. The van der Waals surface area contributed by atoms with Gasteiger partial charge in [-0.15, -0.1) is 12.4 Å². The second kappa shape index (κ2) is 11.3. The summed E-state index contributed by atoms with van der Waals surface area (Å²) < 4.78 is 10.8. The van der Waals surface area contributed by atoms with Crippen LogP contribution in [0.2, 0.25) is 0 Å². The molecule has 0 radical (unpaired) electrons. The number of nitrogens with one attached hydrogen (secondary N) is 4. The number of rotatable bonds is 7. The molecule has 0 saturated carbocycles. The SMILES string of the molecule is COCC1(C(=O)Nc2ccc(NC(=O)NCC3CCCO3)cc2)CCNCC1.Cl. The van der Waals surface area contributed by atoms with Gasteiger partial charge >= 0.3 is 6.03 Å².